The van der Waals surface area contributed by atoms with E-state index in [-0.39, 0.29) is 17.2 Å². The predicted molar refractivity (Wildman–Crippen MR) is 71.3 cm³/mol. The summed E-state index contributed by atoms with van der Waals surface area (Å²) in [5, 5.41) is 2.99. The largest absolute Gasteiger partial charge is 0.384 e. The number of carbonyl (C=O) groups excluding carboxylic acids is 2. The maximum atomic E-state index is 11.7. The first-order valence-electron chi connectivity index (χ1n) is 6.82. The van der Waals surface area contributed by atoms with E-state index in [0.717, 1.165) is 25.0 Å². The molecule has 0 bridgehead atoms. The van der Waals surface area contributed by atoms with Crippen molar-refractivity contribution in [2.24, 2.45) is 5.41 Å². The molecule has 1 saturated heterocycles. The van der Waals surface area contributed by atoms with E-state index in [2.05, 4.69) is 11.4 Å². The highest BCUT2D eigenvalue weighted by atomic mass is 16.5. The SMILES string of the molecule is COCCC(=O)NCC12CCC=C1N(C)C(=O)CC2. The van der Waals surface area contributed by atoms with Crippen LogP contribution < -0.4 is 5.32 Å². The third kappa shape index (κ3) is 2.81. The van der Waals surface area contributed by atoms with Crippen LogP contribution in [0, 0.1) is 5.41 Å². The second-order valence-corrected chi connectivity index (χ2v) is 5.38. The molecule has 0 aromatic rings. The third-order valence-corrected chi connectivity index (χ3v) is 4.21. The number of nitrogens with zero attached hydrogens (tertiary/aromatic N) is 1. The van der Waals surface area contributed by atoms with Gasteiger partial charge in [-0.3, -0.25) is 9.59 Å². The molecule has 5 heteroatoms. The van der Waals surface area contributed by atoms with Crippen molar-refractivity contribution in [2.45, 2.75) is 32.1 Å². The molecule has 0 radical (unpaired) electrons. The number of hydrogen-bond acceptors (Lipinski definition) is 3. The van der Waals surface area contributed by atoms with Crippen LogP contribution in [-0.4, -0.2) is 44.0 Å². The van der Waals surface area contributed by atoms with E-state index < -0.39 is 0 Å². The van der Waals surface area contributed by atoms with Gasteiger partial charge in [0.05, 0.1) is 6.61 Å². The Hall–Kier alpha value is -1.36. The zero-order chi connectivity index (χ0) is 13.9. The average molecular weight is 266 g/mol. The van der Waals surface area contributed by atoms with Gasteiger partial charge in [0, 0.05) is 44.7 Å². The zero-order valence-corrected chi connectivity index (χ0v) is 11.7. The molecule has 1 fully saturated rings. The van der Waals surface area contributed by atoms with E-state index in [9.17, 15) is 9.59 Å². The summed E-state index contributed by atoms with van der Waals surface area (Å²) >= 11 is 0. The molecule has 1 heterocycles. The maximum absolute atomic E-state index is 11.7. The summed E-state index contributed by atoms with van der Waals surface area (Å²) in [7, 11) is 3.42. The van der Waals surface area contributed by atoms with Crippen molar-refractivity contribution in [1.29, 1.82) is 0 Å². The van der Waals surface area contributed by atoms with Gasteiger partial charge in [0.1, 0.15) is 0 Å². The van der Waals surface area contributed by atoms with E-state index in [4.69, 9.17) is 4.74 Å². The molecule has 2 rings (SSSR count). The number of nitrogens with one attached hydrogen (secondary N) is 1. The number of allylic oxidation sites excluding steroid dienone is 1. The van der Waals surface area contributed by atoms with Gasteiger partial charge in [-0.15, -0.1) is 0 Å². The molecule has 2 amide bonds. The van der Waals surface area contributed by atoms with Crippen LogP contribution in [0.3, 0.4) is 0 Å². The molecule has 1 unspecified atom stereocenters. The molecule has 2 aliphatic rings. The fourth-order valence-corrected chi connectivity index (χ4v) is 3.04. The summed E-state index contributed by atoms with van der Waals surface area (Å²) in [6.07, 6.45) is 5.94. The van der Waals surface area contributed by atoms with Gasteiger partial charge in [0.2, 0.25) is 11.8 Å². The molecule has 1 N–H and O–H groups in total. The monoisotopic (exact) mass is 266 g/mol. The van der Waals surface area contributed by atoms with Gasteiger partial charge in [-0.1, -0.05) is 6.08 Å². The summed E-state index contributed by atoms with van der Waals surface area (Å²) < 4.78 is 4.90. The molecule has 5 nitrogen and oxygen atoms in total. The van der Waals surface area contributed by atoms with Crippen LogP contribution in [0.2, 0.25) is 0 Å². The molecule has 0 saturated carbocycles. The molecule has 106 valence electrons. The molecule has 1 atom stereocenters. The fourth-order valence-electron chi connectivity index (χ4n) is 3.04. The highest BCUT2D eigenvalue weighted by Gasteiger charge is 2.44. The minimum atomic E-state index is -0.0363. The van der Waals surface area contributed by atoms with Gasteiger partial charge in [0.25, 0.3) is 0 Å². The van der Waals surface area contributed by atoms with E-state index in [1.807, 2.05) is 7.05 Å². The van der Waals surface area contributed by atoms with Gasteiger partial charge in [-0.2, -0.15) is 0 Å². The Morgan fingerprint density at radius 2 is 2.32 bits per heavy atom. The lowest BCUT2D eigenvalue weighted by atomic mass is 9.77. The molecular formula is C14H22N2O3. The molecule has 1 aliphatic heterocycles. The predicted octanol–water partition coefficient (Wildman–Crippen LogP) is 1.06. The van der Waals surface area contributed by atoms with Crippen LogP contribution >= 0.6 is 0 Å². The van der Waals surface area contributed by atoms with Crippen LogP contribution in [0.15, 0.2) is 11.8 Å². The number of rotatable bonds is 5. The maximum Gasteiger partial charge on any atom is 0.226 e. The second-order valence-electron chi connectivity index (χ2n) is 5.38. The number of amides is 2. The number of methoxy groups -OCH3 is 1. The lowest BCUT2D eigenvalue weighted by Crippen LogP contribution is -2.46. The molecule has 0 aromatic carbocycles. The van der Waals surface area contributed by atoms with Gasteiger partial charge >= 0.3 is 0 Å². The van der Waals surface area contributed by atoms with Crippen LogP contribution in [0.4, 0.5) is 0 Å². The Morgan fingerprint density at radius 1 is 1.53 bits per heavy atom. The number of carbonyl (C=O) groups is 2. The highest BCUT2D eigenvalue weighted by Crippen LogP contribution is 2.46. The van der Waals surface area contributed by atoms with Gasteiger partial charge < -0.3 is 15.0 Å². The Bertz CT molecular complexity index is 405. The number of piperidine rings is 1. The lowest BCUT2D eigenvalue weighted by Gasteiger charge is -2.41. The summed E-state index contributed by atoms with van der Waals surface area (Å²) in [5.74, 6) is 0.191. The first-order chi connectivity index (χ1) is 9.09. The van der Waals surface area contributed by atoms with E-state index in [1.165, 1.54) is 0 Å². The summed E-state index contributed by atoms with van der Waals surface area (Å²) in [4.78, 5) is 25.2. The van der Waals surface area contributed by atoms with Crippen LogP contribution in [0.5, 0.6) is 0 Å². The average Bonchev–Trinajstić information content (AvgIpc) is 2.84. The Labute approximate surface area is 114 Å². The smallest absolute Gasteiger partial charge is 0.226 e. The first-order valence-corrected chi connectivity index (χ1v) is 6.82. The molecule has 0 aromatic heterocycles. The van der Waals surface area contributed by atoms with Crippen molar-refractivity contribution >= 4 is 11.8 Å². The zero-order valence-electron chi connectivity index (χ0n) is 11.7. The molecule has 0 spiro atoms. The Morgan fingerprint density at radius 3 is 3.05 bits per heavy atom. The van der Waals surface area contributed by atoms with Crippen molar-refractivity contribution in [3.05, 3.63) is 11.8 Å². The van der Waals surface area contributed by atoms with Crippen LogP contribution in [0.1, 0.15) is 32.1 Å². The van der Waals surface area contributed by atoms with Crippen molar-refractivity contribution in [3.8, 4) is 0 Å². The topological polar surface area (TPSA) is 58.6 Å². The van der Waals surface area contributed by atoms with E-state index in [0.29, 0.717) is 26.0 Å². The van der Waals surface area contributed by atoms with Gasteiger partial charge in [-0.05, 0) is 19.3 Å². The summed E-state index contributed by atoms with van der Waals surface area (Å²) in [5.41, 5.74) is 1.06. The van der Waals surface area contributed by atoms with E-state index in [1.54, 1.807) is 12.0 Å². The van der Waals surface area contributed by atoms with Crippen molar-refractivity contribution < 1.29 is 14.3 Å². The van der Waals surface area contributed by atoms with Crippen LogP contribution in [-0.2, 0) is 14.3 Å². The molecule has 1 aliphatic carbocycles. The lowest BCUT2D eigenvalue weighted by molar-refractivity contribution is -0.132. The van der Waals surface area contributed by atoms with Crippen molar-refractivity contribution in [3.63, 3.8) is 0 Å². The van der Waals surface area contributed by atoms with E-state index >= 15 is 0 Å². The van der Waals surface area contributed by atoms with Gasteiger partial charge in [0.15, 0.2) is 0 Å². The standard InChI is InChI=1S/C14H22N2O3/c1-16-11-4-3-7-14(11,8-5-13(16)18)10-15-12(17)6-9-19-2/h4H,3,5-10H2,1-2H3,(H,15,17). The molecule has 19 heavy (non-hydrogen) atoms. The molecular weight excluding hydrogens is 244 g/mol. The van der Waals surface area contributed by atoms with Crippen molar-refractivity contribution in [1.82, 2.24) is 10.2 Å². The number of fused-ring (bicyclic) bond motifs is 1. The number of likely N-dealkylation sites (tertiary alicyclic amines) is 1. The minimum Gasteiger partial charge on any atom is -0.384 e. The highest BCUT2D eigenvalue weighted by molar-refractivity contribution is 5.80. The Kier molecular flexibility index (Phi) is 4.24. The van der Waals surface area contributed by atoms with Gasteiger partial charge in [-0.25, -0.2) is 0 Å². The van der Waals surface area contributed by atoms with Crippen molar-refractivity contribution in [2.75, 3.05) is 27.3 Å². The normalized spacial score (nSPS) is 26.1. The number of hydrogen-bond donors (Lipinski definition) is 1. The Balaban J connectivity index is 1.96. The number of ether oxygens (including phenoxy) is 1. The quantitative estimate of drug-likeness (QED) is 0.809. The second kappa shape index (κ2) is 5.74. The first kappa shape index (κ1) is 14.1. The third-order valence-electron chi connectivity index (χ3n) is 4.21. The van der Waals surface area contributed by atoms with Crippen LogP contribution in [0.25, 0.3) is 0 Å². The summed E-state index contributed by atoms with van der Waals surface area (Å²) in [6.45, 7) is 1.07. The fraction of sp³-hybridized carbons (Fsp3) is 0.714. The minimum absolute atomic E-state index is 0.0158. The summed E-state index contributed by atoms with van der Waals surface area (Å²) in [6, 6.07) is 0.